The second-order valence-electron chi connectivity index (χ2n) is 7.93. The molecule has 0 aromatic heterocycles. The number of ether oxygens (including phenoxy) is 1. The van der Waals surface area contributed by atoms with Gasteiger partial charge in [-0.3, -0.25) is 9.80 Å². The van der Waals surface area contributed by atoms with Gasteiger partial charge < -0.3 is 9.84 Å². The molecule has 1 fully saturated rings. The standard InChI is InChI=1S/C23H29FN2O2/c24-21-5-3-4-18(13-21)14-25-10-11-28-23-8-7-19(12-20(23)16-25)15-26-9-2-1-6-22(26)17-27/h3-5,7-8,12-13,22,27H,1-2,6,9-11,14-17H2. The van der Waals surface area contributed by atoms with Gasteiger partial charge >= 0.3 is 0 Å². The van der Waals surface area contributed by atoms with Crippen molar-refractivity contribution in [2.75, 3.05) is 26.3 Å². The molecule has 0 saturated carbocycles. The Morgan fingerprint density at radius 2 is 1.93 bits per heavy atom. The fourth-order valence-corrected chi connectivity index (χ4v) is 4.34. The first-order valence-corrected chi connectivity index (χ1v) is 10.3. The van der Waals surface area contributed by atoms with Crippen LogP contribution >= 0.6 is 0 Å². The lowest BCUT2D eigenvalue weighted by Gasteiger charge is -2.34. The molecule has 1 unspecified atom stereocenters. The molecule has 2 aromatic rings. The first kappa shape index (κ1) is 19.4. The summed E-state index contributed by atoms with van der Waals surface area (Å²) in [5.41, 5.74) is 3.43. The van der Waals surface area contributed by atoms with Crippen LogP contribution in [-0.4, -0.2) is 47.3 Å². The van der Waals surface area contributed by atoms with Crippen molar-refractivity contribution >= 4 is 0 Å². The number of aliphatic hydroxyl groups is 1. The van der Waals surface area contributed by atoms with E-state index < -0.39 is 0 Å². The Hall–Kier alpha value is -1.95. The van der Waals surface area contributed by atoms with E-state index in [-0.39, 0.29) is 18.5 Å². The van der Waals surface area contributed by atoms with Crippen LogP contribution < -0.4 is 4.74 Å². The zero-order valence-corrected chi connectivity index (χ0v) is 16.3. The van der Waals surface area contributed by atoms with Crippen molar-refractivity contribution in [1.29, 1.82) is 0 Å². The highest BCUT2D eigenvalue weighted by molar-refractivity contribution is 5.38. The van der Waals surface area contributed by atoms with Crippen LogP contribution in [0.1, 0.15) is 36.0 Å². The molecule has 1 saturated heterocycles. The number of aliphatic hydroxyl groups excluding tert-OH is 1. The van der Waals surface area contributed by atoms with Crippen molar-refractivity contribution < 1.29 is 14.2 Å². The third-order valence-electron chi connectivity index (χ3n) is 5.82. The average Bonchev–Trinajstić information content (AvgIpc) is 2.89. The van der Waals surface area contributed by atoms with Crippen LogP contribution in [0.2, 0.25) is 0 Å². The van der Waals surface area contributed by atoms with Gasteiger partial charge in [0, 0.05) is 37.8 Å². The fraction of sp³-hybridized carbons (Fsp3) is 0.478. The summed E-state index contributed by atoms with van der Waals surface area (Å²) in [6, 6.07) is 13.6. The Morgan fingerprint density at radius 1 is 1.04 bits per heavy atom. The molecule has 0 spiro atoms. The van der Waals surface area contributed by atoms with Gasteiger partial charge in [0.25, 0.3) is 0 Å². The molecule has 5 heteroatoms. The van der Waals surface area contributed by atoms with E-state index in [0.717, 1.165) is 43.9 Å². The SMILES string of the molecule is OCC1CCCCN1Cc1ccc2c(c1)CN(Cc1cccc(F)c1)CCO2. The van der Waals surface area contributed by atoms with Gasteiger partial charge in [-0.05, 0) is 54.8 Å². The third-order valence-corrected chi connectivity index (χ3v) is 5.82. The molecule has 2 heterocycles. The lowest BCUT2D eigenvalue weighted by atomic mass is 10.0. The van der Waals surface area contributed by atoms with Gasteiger partial charge in [-0.1, -0.05) is 24.6 Å². The Labute approximate surface area is 166 Å². The number of halogens is 1. The molecule has 0 amide bonds. The first-order valence-electron chi connectivity index (χ1n) is 10.3. The van der Waals surface area contributed by atoms with Gasteiger partial charge in [-0.2, -0.15) is 0 Å². The zero-order chi connectivity index (χ0) is 19.3. The van der Waals surface area contributed by atoms with Crippen LogP contribution in [0.4, 0.5) is 4.39 Å². The largest absolute Gasteiger partial charge is 0.492 e. The number of nitrogens with zero attached hydrogens (tertiary/aromatic N) is 2. The van der Waals surface area contributed by atoms with Crippen molar-refractivity contribution in [3.05, 3.63) is 65.0 Å². The van der Waals surface area contributed by atoms with Crippen molar-refractivity contribution in [1.82, 2.24) is 9.80 Å². The third kappa shape index (κ3) is 4.72. The van der Waals surface area contributed by atoms with Gasteiger partial charge in [-0.15, -0.1) is 0 Å². The smallest absolute Gasteiger partial charge is 0.123 e. The van der Waals surface area contributed by atoms with E-state index in [9.17, 15) is 9.50 Å². The summed E-state index contributed by atoms with van der Waals surface area (Å²) in [4.78, 5) is 4.70. The quantitative estimate of drug-likeness (QED) is 0.855. The maximum atomic E-state index is 13.5. The summed E-state index contributed by atoms with van der Waals surface area (Å²) in [5.74, 6) is 0.758. The molecule has 28 heavy (non-hydrogen) atoms. The zero-order valence-electron chi connectivity index (χ0n) is 16.3. The van der Waals surface area contributed by atoms with Crippen molar-refractivity contribution in [3.8, 4) is 5.75 Å². The Kier molecular flexibility index (Phi) is 6.25. The minimum atomic E-state index is -0.189. The number of rotatable bonds is 5. The number of piperidine rings is 1. The Balaban J connectivity index is 1.47. The number of likely N-dealkylation sites (tertiary alicyclic amines) is 1. The van der Waals surface area contributed by atoms with E-state index >= 15 is 0 Å². The second kappa shape index (κ2) is 9.03. The molecule has 1 N–H and O–H groups in total. The Morgan fingerprint density at radius 3 is 2.79 bits per heavy atom. The van der Waals surface area contributed by atoms with E-state index in [1.165, 1.54) is 30.0 Å². The number of fused-ring (bicyclic) bond motifs is 1. The average molecular weight is 384 g/mol. The molecule has 0 bridgehead atoms. The number of hydrogen-bond acceptors (Lipinski definition) is 4. The van der Waals surface area contributed by atoms with Gasteiger partial charge in [-0.25, -0.2) is 4.39 Å². The molecule has 2 aliphatic rings. The molecule has 0 aliphatic carbocycles. The van der Waals surface area contributed by atoms with E-state index in [4.69, 9.17) is 4.74 Å². The van der Waals surface area contributed by atoms with Crippen LogP contribution in [0.25, 0.3) is 0 Å². The van der Waals surface area contributed by atoms with Crippen LogP contribution in [0, 0.1) is 5.82 Å². The number of benzene rings is 2. The highest BCUT2D eigenvalue weighted by Gasteiger charge is 2.22. The van der Waals surface area contributed by atoms with Crippen molar-refractivity contribution in [2.45, 2.75) is 44.9 Å². The topological polar surface area (TPSA) is 35.9 Å². The van der Waals surface area contributed by atoms with Crippen LogP contribution in [0.15, 0.2) is 42.5 Å². The summed E-state index contributed by atoms with van der Waals surface area (Å²) in [7, 11) is 0. The lowest BCUT2D eigenvalue weighted by Crippen LogP contribution is -2.41. The molecule has 1 atom stereocenters. The summed E-state index contributed by atoms with van der Waals surface area (Å²) >= 11 is 0. The van der Waals surface area contributed by atoms with E-state index in [1.807, 2.05) is 6.07 Å². The minimum absolute atomic E-state index is 0.189. The van der Waals surface area contributed by atoms with Crippen LogP contribution in [-0.2, 0) is 19.6 Å². The predicted molar refractivity (Wildman–Crippen MR) is 108 cm³/mol. The predicted octanol–water partition coefficient (Wildman–Crippen LogP) is 3.57. The molecule has 2 aromatic carbocycles. The molecular weight excluding hydrogens is 355 g/mol. The highest BCUT2D eigenvalue weighted by atomic mass is 19.1. The molecule has 4 rings (SSSR count). The van der Waals surface area contributed by atoms with Crippen molar-refractivity contribution in [2.24, 2.45) is 0 Å². The van der Waals surface area contributed by atoms with E-state index in [2.05, 4.69) is 28.0 Å². The minimum Gasteiger partial charge on any atom is -0.492 e. The van der Waals surface area contributed by atoms with Crippen LogP contribution in [0.3, 0.4) is 0 Å². The molecule has 4 nitrogen and oxygen atoms in total. The Bertz CT molecular complexity index is 798. The summed E-state index contributed by atoms with van der Waals surface area (Å²) in [6.07, 6.45) is 3.48. The van der Waals surface area contributed by atoms with E-state index in [1.54, 1.807) is 12.1 Å². The normalized spacial score (nSPS) is 21.0. The summed E-state index contributed by atoms with van der Waals surface area (Å²) < 4.78 is 19.5. The molecule has 0 radical (unpaired) electrons. The second-order valence-corrected chi connectivity index (χ2v) is 7.93. The van der Waals surface area contributed by atoms with Gasteiger partial charge in [0.2, 0.25) is 0 Å². The maximum absolute atomic E-state index is 13.5. The van der Waals surface area contributed by atoms with E-state index in [0.29, 0.717) is 13.2 Å². The lowest BCUT2D eigenvalue weighted by molar-refractivity contribution is 0.0841. The summed E-state index contributed by atoms with van der Waals surface area (Å²) in [6.45, 7) is 5.11. The molecule has 2 aliphatic heterocycles. The van der Waals surface area contributed by atoms with Crippen molar-refractivity contribution in [3.63, 3.8) is 0 Å². The van der Waals surface area contributed by atoms with Gasteiger partial charge in [0.05, 0.1) is 6.61 Å². The fourth-order valence-electron chi connectivity index (χ4n) is 4.34. The monoisotopic (exact) mass is 384 g/mol. The maximum Gasteiger partial charge on any atom is 0.123 e. The summed E-state index contributed by atoms with van der Waals surface area (Å²) in [5, 5.41) is 9.67. The van der Waals surface area contributed by atoms with Crippen LogP contribution in [0.5, 0.6) is 5.75 Å². The first-order chi connectivity index (χ1) is 13.7. The molecular formula is C23H29FN2O2. The van der Waals surface area contributed by atoms with Gasteiger partial charge in [0.15, 0.2) is 0 Å². The number of hydrogen-bond donors (Lipinski definition) is 1. The van der Waals surface area contributed by atoms with Gasteiger partial charge in [0.1, 0.15) is 18.2 Å². The highest BCUT2D eigenvalue weighted by Crippen LogP contribution is 2.27. The molecule has 150 valence electrons.